The molecule has 6 nitrogen and oxygen atoms in total. The summed E-state index contributed by atoms with van der Waals surface area (Å²) < 4.78 is 5.80. The lowest BCUT2D eigenvalue weighted by Gasteiger charge is -2.24. The SMILES string of the molecule is CC1C=C(c2ccc(Cl)nc2Cl)c2cc(C(=O)N=C(N)N)ccc2O1. The van der Waals surface area contributed by atoms with Crippen LogP contribution in [0.25, 0.3) is 5.57 Å². The molecule has 3 rings (SSSR count). The molecule has 0 saturated heterocycles. The van der Waals surface area contributed by atoms with Crippen molar-refractivity contribution in [3.8, 4) is 5.75 Å². The molecular weight excluding hydrogens is 363 g/mol. The summed E-state index contributed by atoms with van der Waals surface area (Å²) in [7, 11) is 0. The quantitative estimate of drug-likeness (QED) is 0.476. The summed E-state index contributed by atoms with van der Waals surface area (Å²) in [6.07, 6.45) is 1.72. The van der Waals surface area contributed by atoms with Gasteiger partial charge in [-0.05, 0) is 48.9 Å². The molecule has 1 aliphatic rings. The maximum Gasteiger partial charge on any atom is 0.280 e. The minimum atomic E-state index is -0.541. The Hall–Kier alpha value is -2.57. The third kappa shape index (κ3) is 3.60. The van der Waals surface area contributed by atoms with Gasteiger partial charge in [0.1, 0.15) is 22.2 Å². The van der Waals surface area contributed by atoms with Crippen LogP contribution >= 0.6 is 23.2 Å². The first-order valence-electron chi connectivity index (χ1n) is 7.34. The molecule has 2 aromatic rings. The van der Waals surface area contributed by atoms with E-state index in [1.807, 2.05) is 13.0 Å². The van der Waals surface area contributed by atoms with E-state index in [9.17, 15) is 4.79 Å². The smallest absolute Gasteiger partial charge is 0.280 e. The molecule has 1 aliphatic heterocycles. The summed E-state index contributed by atoms with van der Waals surface area (Å²) in [5.41, 5.74) is 13.0. The van der Waals surface area contributed by atoms with E-state index in [4.69, 9.17) is 39.4 Å². The van der Waals surface area contributed by atoms with Gasteiger partial charge in [0.15, 0.2) is 5.96 Å². The summed E-state index contributed by atoms with van der Waals surface area (Å²) in [5.74, 6) is -0.216. The molecule has 0 aliphatic carbocycles. The normalized spacial score (nSPS) is 15.6. The molecule has 0 spiro atoms. The maximum atomic E-state index is 12.1. The summed E-state index contributed by atoms with van der Waals surface area (Å²) in [6, 6.07) is 8.39. The zero-order chi connectivity index (χ0) is 18.1. The Labute approximate surface area is 154 Å². The van der Waals surface area contributed by atoms with E-state index >= 15 is 0 Å². The fraction of sp³-hybridized carbons (Fsp3) is 0.118. The number of aromatic nitrogens is 1. The van der Waals surface area contributed by atoms with Crippen LogP contribution in [0, 0.1) is 0 Å². The third-order valence-electron chi connectivity index (χ3n) is 3.57. The zero-order valence-electron chi connectivity index (χ0n) is 13.2. The maximum absolute atomic E-state index is 12.1. The molecule has 0 radical (unpaired) electrons. The predicted molar refractivity (Wildman–Crippen MR) is 98.0 cm³/mol. The largest absolute Gasteiger partial charge is 0.486 e. The minimum Gasteiger partial charge on any atom is -0.486 e. The first-order chi connectivity index (χ1) is 11.8. The molecule has 0 fully saturated rings. The molecule has 128 valence electrons. The highest BCUT2D eigenvalue weighted by atomic mass is 35.5. The highest BCUT2D eigenvalue weighted by Gasteiger charge is 2.23. The number of nitrogens with zero attached hydrogens (tertiary/aromatic N) is 2. The average molecular weight is 377 g/mol. The Bertz CT molecular complexity index is 921. The van der Waals surface area contributed by atoms with Gasteiger partial charge in [-0.3, -0.25) is 4.79 Å². The van der Waals surface area contributed by atoms with Crippen LogP contribution in [0.4, 0.5) is 0 Å². The van der Waals surface area contributed by atoms with E-state index in [1.165, 1.54) is 0 Å². The van der Waals surface area contributed by atoms with Gasteiger partial charge in [0, 0.05) is 16.7 Å². The number of amides is 1. The lowest BCUT2D eigenvalue weighted by molar-refractivity contribution is 0.100. The number of aliphatic imine (C=N–C) groups is 1. The summed E-state index contributed by atoms with van der Waals surface area (Å²) in [6.45, 7) is 1.90. The second kappa shape index (κ2) is 6.74. The molecule has 0 bridgehead atoms. The first kappa shape index (κ1) is 17.3. The van der Waals surface area contributed by atoms with Gasteiger partial charge in [0.2, 0.25) is 0 Å². The highest BCUT2D eigenvalue weighted by molar-refractivity contribution is 6.33. The molecule has 2 heterocycles. The molecule has 1 aromatic carbocycles. The van der Waals surface area contributed by atoms with Crippen LogP contribution < -0.4 is 16.2 Å². The monoisotopic (exact) mass is 376 g/mol. The molecule has 25 heavy (non-hydrogen) atoms. The van der Waals surface area contributed by atoms with Gasteiger partial charge in [-0.2, -0.15) is 4.99 Å². The van der Waals surface area contributed by atoms with Crippen LogP contribution in [-0.2, 0) is 0 Å². The van der Waals surface area contributed by atoms with Gasteiger partial charge in [0.25, 0.3) is 5.91 Å². The predicted octanol–water partition coefficient (Wildman–Crippen LogP) is 3.01. The number of carbonyl (C=O) groups is 1. The van der Waals surface area contributed by atoms with E-state index in [0.29, 0.717) is 27.6 Å². The van der Waals surface area contributed by atoms with Crippen molar-refractivity contribution in [1.82, 2.24) is 4.98 Å². The lowest BCUT2D eigenvalue weighted by Crippen LogP contribution is -2.24. The number of fused-ring (bicyclic) bond motifs is 1. The van der Waals surface area contributed by atoms with Crippen molar-refractivity contribution in [2.24, 2.45) is 16.5 Å². The minimum absolute atomic E-state index is 0.173. The Morgan fingerprint density at radius 2 is 1.96 bits per heavy atom. The number of rotatable bonds is 2. The molecule has 4 N–H and O–H groups in total. The van der Waals surface area contributed by atoms with Crippen molar-refractivity contribution in [2.75, 3.05) is 0 Å². The van der Waals surface area contributed by atoms with E-state index in [1.54, 1.807) is 30.3 Å². The summed E-state index contributed by atoms with van der Waals surface area (Å²) in [5, 5.41) is 0.561. The molecule has 1 aromatic heterocycles. The highest BCUT2D eigenvalue weighted by Crippen LogP contribution is 2.39. The van der Waals surface area contributed by atoms with Gasteiger partial charge in [-0.15, -0.1) is 0 Å². The lowest BCUT2D eigenvalue weighted by atomic mass is 9.93. The number of halogens is 2. The summed E-state index contributed by atoms with van der Waals surface area (Å²) in [4.78, 5) is 19.7. The second-order valence-corrected chi connectivity index (χ2v) is 6.17. The van der Waals surface area contributed by atoms with Gasteiger partial charge in [0.05, 0.1) is 0 Å². The average Bonchev–Trinajstić information content (AvgIpc) is 2.53. The second-order valence-electron chi connectivity index (χ2n) is 5.43. The van der Waals surface area contributed by atoms with Crippen LogP contribution in [0.5, 0.6) is 5.75 Å². The Balaban J connectivity index is 2.13. The summed E-state index contributed by atoms with van der Waals surface area (Å²) >= 11 is 12.1. The Morgan fingerprint density at radius 1 is 1.20 bits per heavy atom. The van der Waals surface area contributed by atoms with Crippen molar-refractivity contribution in [3.05, 3.63) is 63.4 Å². The van der Waals surface area contributed by atoms with Crippen molar-refractivity contribution in [3.63, 3.8) is 0 Å². The van der Waals surface area contributed by atoms with Gasteiger partial charge in [-0.1, -0.05) is 23.2 Å². The van der Waals surface area contributed by atoms with Crippen LogP contribution in [-0.4, -0.2) is 23.0 Å². The standard InChI is InChI=1S/C17H14Cl2N4O2/c1-8-6-11(10-3-5-14(18)22-15(10)19)12-7-9(2-4-13(12)25-8)16(24)23-17(20)21/h2-8H,1H3,(H4,20,21,23,24). The third-order valence-corrected chi connectivity index (χ3v) is 4.07. The molecular formula is C17H14Cl2N4O2. The number of hydrogen-bond donors (Lipinski definition) is 2. The fourth-order valence-electron chi connectivity index (χ4n) is 2.56. The van der Waals surface area contributed by atoms with Crippen molar-refractivity contribution < 1.29 is 9.53 Å². The molecule has 1 unspecified atom stereocenters. The van der Waals surface area contributed by atoms with E-state index in [0.717, 1.165) is 5.57 Å². The molecule has 0 saturated carbocycles. The van der Waals surface area contributed by atoms with Gasteiger partial charge < -0.3 is 16.2 Å². The van der Waals surface area contributed by atoms with E-state index in [2.05, 4.69) is 9.98 Å². The van der Waals surface area contributed by atoms with Gasteiger partial charge >= 0.3 is 0 Å². The number of benzene rings is 1. The Kier molecular flexibility index (Phi) is 4.65. The number of carbonyl (C=O) groups excluding carboxylic acids is 1. The van der Waals surface area contributed by atoms with Crippen LogP contribution in [0.2, 0.25) is 10.3 Å². The van der Waals surface area contributed by atoms with Crippen LogP contribution in [0.1, 0.15) is 28.4 Å². The van der Waals surface area contributed by atoms with Crippen molar-refractivity contribution >= 4 is 40.6 Å². The number of nitrogens with two attached hydrogens (primary N) is 2. The van der Waals surface area contributed by atoms with Crippen molar-refractivity contribution in [1.29, 1.82) is 0 Å². The van der Waals surface area contributed by atoms with Crippen molar-refractivity contribution in [2.45, 2.75) is 13.0 Å². The molecule has 1 atom stereocenters. The number of ether oxygens (including phenoxy) is 1. The van der Waals surface area contributed by atoms with Crippen LogP contribution in [0.15, 0.2) is 41.4 Å². The van der Waals surface area contributed by atoms with E-state index in [-0.39, 0.29) is 17.2 Å². The fourth-order valence-corrected chi connectivity index (χ4v) is 3.01. The number of guanidine groups is 1. The topological polar surface area (TPSA) is 104 Å². The first-order valence-corrected chi connectivity index (χ1v) is 8.10. The Morgan fingerprint density at radius 3 is 2.64 bits per heavy atom. The number of pyridine rings is 1. The molecule has 8 heteroatoms. The molecule has 1 amide bonds. The zero-order valence-corrected chi connectivity index (χ0v) is 14.7. The van der Waals surface area contributed by atoms with E-state index < -0.39 is 5.91 Å². The number of hydrogen-bond acceptors (Lipinski definition) is 3. The van der Waals surface area contributed by atoms with Crippen LogP contribution in [0.3, 0.4) is 0 Å². The van der Waals surface area contributed by atoms with Gasteiger partial charge in [-0.25, -0.2) is 4.98 Å².